The van der Waals surface area contributed by atoms with E-state index in [4.69, 9.17) is 4.74 Å². The lowest BCUT2D eigenvalue weighted by molar-refractivity contribution is -0.386. The van der Waals surface area contributed by atoms with E-state index in [2.05, 4.69) is 0 Å². The van der Waals surface area contributed by atoms with Crippen LogP contribution in [-0.4, -0.2) is 11.4 Å². The summed E-state index contributed by atoms with van der Waals surface area (Å²) in [5.41, 5.74) is 3.85. The maximum Gasteiger partial charge on any atom is 0.293 e. The number of nitro benzene ring substituents is 1. The highest BCUT2D eigenvalue weighted by Crippen LogP contribution is 2.37. The molecule has 0 aliphatic heterocycles. The van der Waals surface area contributed by atoms with Gasteiger partial charge in [-0.3, -0.25) is 14.9 Å². The van der Waals surface area contributed by atoms with Crippen molar-refractivity contribution in [3.05, 3.63) is 37.9 Å². The second-order valence-corrected chi connectivity index (χ2v) is 4.39. The molecular weight excluding hydrogens is 234 g/mol. The Kier molecular flexibility index (Phi) is 4.06. The summed E-state index contributed by atoms with van der Waals surface area (Å²) in [5.74, 6) is 0. The van der Waals surface area contributed by atoms with Crippen LogP contribution in [0.4, 0.5) is 5.69 Å². The maximum absolute atomic E-state index is 11.2. The van der Waals surface area contributed by atoms with Crippen LogP contribution in [0.5, 0.6) is 0 Å². The van der Waals surface area contributed by atoms with Crippen molar-refractivity contribution >= 4 is 12.2 Å². The van der Waals surface area contributed by atoms with Crippen molar-refractivity contribution in [2.24, 2.45) is 0 Å². The highest BCUT2D eigenvalue weighted by molar-refractivity contribution is 5.59. The van der Waals surface area contributed by atoms with Crippen LogP contribution in [0.3, 0.4) is 0 Å². The van der Waals surface area contributed by atoms with E-state index in [1.165, 1.54) is 0 Å². The molecule has 0 amide bonds. The molecule has 1 rings (SSSR count). The lowest BCUT2D eigenvalue weighted by Gasteiger charge is -2.18. The first kappa shape index (κ1) is 14.2. The standard InChI is InChI=1S/C13H17NO4/c1-7-8(2)10(4)13(14(16)17)12(9(7)3)11(5)18-6-15/h6,11H,1-5H3. The van der Waals surface area contributed by atoms with E-state index in [-0.39, 0.29) is 5.69 Å². The topological polar surface area (TPSA) is 69.4 Å². The monoisotopic (exact) mass is 251 g/mol. The van der Waals surface area contributed by atoms with E-state index >= 15 is 0 Å². The molecule has 1 aromatic rings. The van der Waals surface area contributed by atoms with Crippen molar-refractivity contribution in [3.63, 3.8) is 0 Å². The molecule has 0 fully saturated rings. The fourth-order valence-corrected chi connectivity index (χ4v) is 2.21. The Hall–Kier alpha value is -1.91. The van der Waals surface area contributed by atoms with Gasteiger partial charge < -0.3 is 4.74 Å². The Bertz CT molecular complexity index is 508. The third-order valence-corrected chi connectivity index (χ3v) is 3.55. The quantitative estimate of drug-likeness (QED) is 0.468. The molecule has 0 aromatic heterocycles. The fraction of sp³-hybridized carbons (Fsp3) is 0.462. The van der Waals surface area contributed by atoms with Gasteiger partial charge in [0, 0.05) is 5.56 Å². The largest absolute Gasteiger partial charge is 0.460 e. The Morgan fingerprint density at radius 2 is 1.61 bits per heavy atom. The molecule has 98 valence electrons. The van der Waals surface area contributed by atoms with Gasteiger partial charge in [0.25, 0.3) is 12.2 Å². The van der Waals surface area contributed by atoms with E-state index < -0.39 is 11.0 Å². The second kappa shape index (κ2) is 5.16. The number of benzene rings is 1. The maximum atomic E-state index is 11.2. The molecule has 1 atom stereocenters. The zero-order valence-corrected chi connectivity index (χ0v) is 11.2. The number of nitro groups is 1. The van der Waals surface area contributed by atoms with Gasteiger partial charge in [-0.15, -0.1) is 0 Å². The molecule has 18 heavy (non-hydrogen) atoms. The summed E-state index contributed by atoms with van der Waals surface area (Å²) in [7, 11) is 0. The van der Waals surface area contributed by atoms with Gasteiger partial charge in [0.05, 0.1) is 10.5 Å². The molecule has 0 aliphatic rings. The molecule has 0 spiro atoms. The summed E-state index contributed by atoms with van der Waals surface area (Å²) < 4.78 is 4.86. The summed E-state index contributed by atoms with van der Waals surface area (Å²) in [6, 6.07) is 0. The highest BCUT2D eigenvalue weighted by atomic mass is 16.6. The first-order valence-electron chi connectivity index (χ1n) is 5.66. The molecule has 5 heteroatoms. The van der Waals surface area contributed by atoms with Gasteiger partial charge in [0.15, 0.2) is 0 Å². The Labute approximate surface area is 106 Å². The van der Waals surface area contributed by atoms with E-state index in [9.17, 15) is 14.9 Å². The van der Waals surface area contributed by atoms with Crippen LogP contribution < -0.4 is 0 Å². The molecule has 0 saturated heterocycles. The molecule has 0 radical (unpaired) electrons. The lowest BCUT2D eigenvalue weighted by Crippen LogP contribution is -2.10. The summed E-state index contributed by atoms with van der Waals surface area (Å²) in [4.78, 5) is 21.2. The van der Waals surface area contributed by atoms with Crippen molar-refractivity contribution in [2.45, 2.75) is 40.7 Å². The molecule has 0 saturated carbocycles. The fourth-order valence-electron chi connectivity index (χ4n) is 2.21. The summed E-state index contributed by atoms with van der Waals surface area (Å²) in [6.45, 7) is 9.26. The van der Waals surface area contributed by atoms with Crippen LogP contribution in [0.1, 0.15) is 40.8 Å². The van der Waals surface area contributed by atoms with Gasteiger partial charge >= 0.3 is 0 Å². The molecular formula is C13H17NO4. The van der Waals surface area contributed by atoms with Gasteiger partial charge in [-0.05, 0) is 51.3 Å². The van der Waals surface area contributed by atoms with Crippen LogP contribution in [0.25, 0.3) is 0 Å². The molecule has 0 aliphatic carbocycles. The highest BCUT2D eigenvalue weighted by Gasteiger charge is 2.27. The van der Waals surface area contributed by atoms with Crippen molar-refractivity contribution < 1.29 is 14.5 Å². The minimum atomic E-state index is -0.624. The SMILES string of the molecule is Cc1c(C)c(C)c([N+](=O)[O-])c(C(C)OC=O)c1C. The van der Waals surface area contributed by atoms with Gasteiger partial charge in [-0.1, -0.05) is 0 Å². The number of ether oxygens (including phenoxy) is 1. The first-order chi connectivity index (χ1) is 8.32. The average molecular weight is 251 g/mol. The van der Waals surface area contributed by atoms with Crippen LogP contribution >= 0.6 is 0 Å². The Morgan fingerprint density at radius 3 is 2.06 bits per heavy atom. The number of rotatable bonds is 4. The van der Waals surface area contributed by atoms with Crippen LogP contribution in [0.2, 0.25) is 0 Å². The van der Waals surface area contributed by atoms with Crippen LogP contribution in [0.15, 0.2) is 0 Å². The Morgan fingerprint density at radius 1 is 1.11 bits per heavy atom. The third kappa shape index (κ3) is 2.20. The van der Waals surface area contributed by atoms with E-state index in [0.717, 1.165) is 16.7 Å². The third-order valence-electron chi connectivity index (χ3n) is 3.55. The van der Waals surface area contributed by atoms with Crippen molar-refractivity contribution in [3.8, 4) is 0 Å². The molecule has 0 N–H and O–H groups in total. The smallest absolute Gasteiger partial charge is 0.293 e. The van der Waals surface area contributed by atoms with Gasteiger partial charge in [-0.25, -0.2) is 0 Å². The molecule has 0 heterocycles. The van der Waals surface area contributed by atoms with Gasteiger partial charge in [-0.2, -0.15) is 0 Å². The molecule has 0 bridgehead atoms. The summed E-state index contributed by atoms with van der Waals surface area (Å²) in [6.07, 6.45) is -0.624. The van der Waals surface area contributed by atoms with Crippen molar-refractivity contribution in [2.75, 3.05) is 0 Å². The minimum Gasteiger partial charge on any atom is -0.460 e. The molecule has 1 unspecified atom stereocenters. The number of carbonyl (C=O) groups excluding carboxylic acids is 1. The van der Waals surface area contributed by atoms with Gasteiger partial charge in [0.1, 0.15) is 6.10 Å². The predicted molar refractivity (Wildman–Crippen MR) is 67.6 cm³/mol. The summed E-state index contributed by atoms with van der Waals surface area (Å²) >= 11 is 0. The number of nitrogens with zero attached hydrogens (tertiary/aromatic N) is 1. The Balaban J connectivity index is 3.66. The molecule has 1 aromatic carbocycles. The number of hydrogen-bond donors (Lipinski definition) is 0. The number of hydrogen-bond acceptors (Lipinski definition) is 4. The van der Waals surface area contributed by atoms with Crippen LogP contribution in [-0.2, 0) is 9.53 Å². The van der Waals surface area contributed by atoms with Crippen molar-refractivity contribution in [1.29, 1.82) is 0 Å². The zero-order chi connectivity index (χ0) is 14.0. The second-order valence-electron chi connectivity index (χ2n) is 4.39. The summed E-state index contributed by atoms with van der Waals surface area (Å²) in [5, 5.41) is 11.2. The first-order valence-corrected chi connectivity index (χ1v) is 5.66. The molecule has 5 nitrogen and oxygen atoms in total. The van der Waals surface area contributed by atoms with E-state index in [0.29, 0.717) is 17.6 Å². The van der Waals surface area contributed by atoms with E-state index in [1.54, 1.807) is 13.8 Å². The lowest BCUT2D eigenvalue weighted by atomic mass is 9.90. The minimum absolute atomic E-state index is 0.0463. The van der Waals surface area contributed by atoms with E-state index in [1.807, 2.05) is 20.8 Å². The zero-order valence-electron chi connectivity index (χ0n) is 11.2. The van der Waals surface area contributed by atoms with Crippen LogP contribution in [0, 0.1) is 37.8 Å². The van der Waals surface area contributed by atoms with Crippen molar-refractivity contribution in [1.82, 2.24) is 0 Å². The predicted octanol–water partition coefficient (Wildman–Crippen LogP) is 3.06. The normalized spacial score (nSPS) is 12.1. The number of carbonyl (C=O) groups is 1. The average Bonchev–Trinajstić information content (AvgIpc) is 2.30. The van der Waals surface area contributed by atoms with Gasteiger partial charge in [0.2, 0.25) is 0 Å².